The summed E-state index contributed by atoms with van der Waals surface area (Å²) >= 11 is 0. The molecule has 0 radical (unpaired) electrons. The first-order valence-electron chi connectivity index (χ1n) is 9.71. The zero-order valence-corrected chi connectivity index (χ0v) is 18.2. The van der Waals surface area contributed by atoms with E-state index >= 15 is 0 Å². The van der Waals surface area contributed by atoms with Gasteiger partial charge in [0.1, 0.15) is 0 Å². The van der Waals surface area contributed by atoms with E-state index in [9.17, 15) is 18.0 Å². The predicted octanol–water partition coefficient (Wildman–Crippen LogP) is 2.39. The number of sulfonamides is 1. The summed E-state index contributed by atoms with van der Waals surface area (Å²) in [4.78, 5) is 24.6. The van der Waals surface area contributed by atoms with E-state index < -0.39 is 21.8 Å². The van der Waals surface area contributed by atoms with Crippen molar-refractivity contribution in [3.8, 4) is 0 Å². The van der Waals surface area contributed by atoms with Crippen LogP contribution in [-0.4, -0.2) is 27.3 Å². The lowest BCUT2D eigenvalue weighted by atomic mass is 10.1. The van der Waals surface area contributed by atoms with Crippen LogP contribution in [0.15, 0.2) is 83.8 Å². The van der Waals surface area contributed by atoms with Crippen molar-refractivity contribution in [3.05, 3.63) is 101 Å². The van der Waals surface area contributed by atoms with E-state index in [2.05, 4.69) is 15.6 Å². The van der Waals surface area contributed by atoms with Crippen molar-refractivity contribution in [2.75, 3.05) is 7.11 Å². The zero-order valence-electron chi connectivity index (χ0n) is 17.4. The lowest BCUT2D eigenvalue weighted by molar-refractivity contribution is 0.0846. The van der Waals surface area contributed by atoms with Gasteiger partial charge in [-0.1, -0.05) is 48.5 Å². The normalized spacial score (nSPS) is 11.0. The van der Waals surface area contributed by atoms with Crippen LogP contribution >= 0.6 is 0 Å². The average molecular weight is 454 g/mol. The van der Waals surface area contributed by atoms with Crippen LogP contribution in [0.2, 0.25) is 0 Å². The first-order chi connectivity index (χ1) is 15.4. The minimum Gasteiger partial charge on any atom is -0.380 e. The monoisotopic (exact) mass is 453 g/mol. The zero-order chi connectivity index (χ0) is 23.0. The maximum absolute atomic E-state index is 12.6. The van der Waals surface area contributed by atoms with Gasteiger partial charge in [0.15, 0.2) is 0 Å². The first kappa shape index (κ1) is 23.1. The summed E-state index contributed by atoms with van der Waals surface area (Å²) in [5.74, 6) is -1.15. The second kappa shape index (κ2) is 10.7. The summed E-state index contributed by atoms with van der Waals surface area (Å²) in [7, 11) is -2.25. The molecule has 0 aliphatic rings. The summed E-state index contributed by atoms with van der Waals surface area (Å²) in [5, 5.41) is 0. The molecule has 0 aliphatic heterocycles. The van der Waals surface area contributed by atoms with Crippen LogP contribution in [0.3, 0.4) is 0 Å². The molecule has 32 heavy (non-hydrogen) atoms. The van der Waals surface area contributed by atoms with Gasteiger partial charge < -0.3 is 4.74 Å². The molecule has 3 rings (SSSR count). The maximum Gasteiger partial charge on any atom is 0.269 e. The Labute approximate surface area is 186 Å². The lowest BCUT2D eigenvalue weighted by Gasteiger charge is -2.10. The van der Waals surface area contributed by atoms with Crippen molar-refractivity contribution in [1.82, 2.24) is 15.6 Å². The molecule has 9 heteroatoms. The van der Waals surface area contributed by atoms with Crippen LogP contribution in [0.5, 0.6) is 0 Å². The molecule has 0 atom stereocenters. The molecule has 0 aromatic heterocycles. The fourth-order valence-electron chi connectivity index (χ4n) is 2.84. The molecule has 0 saturated heterocycles. The Kier molecular flexibility index (Phi) is 7.72. The summed E-state index contributed by atoms with van der Waals surface area (Å²) in [6, 6.07) is 21.4. The standard InChI is InChI=1S/C23H23N3O5S/c1-31-16-18-10-12-19(13-11-18)22(27)25-26-23(28)20-8-5-9-21(14-20)32(29,30)24-15-17-6-3-2-4-7-17/h2-14,24H,15-16H2,1H3,(H,25,27)(H,26,28). The fraction of sp³-hybridized carbons (Fsp3) is 0.130. The van der Waals surface area contributed by atoms with Gasteiger partial charge in [0.05, 0.1) is 11.5 Å². The van der Waals surface area contributed by atoms with E-state index in [1.807, 2.05) is 18.2 Å². The highest BCUT2D eigenvalue weighted by molar-refractivity contribution is 7.89. The van der Waals surface area contributed by atoms with Crippen LogP contribution in [-0.2, 0) is 27.9 Å². The number of hydrogen-bond acceptors (Lipinski definition) is 5. The number of nitrogens with one attached hydrogen (secondary N) is 3. The smallest absolute Gasteiger partial charge is 0.269 e. The van der Waals surface area contributed by atoms with Gasteiger partial charge in [-0.05, 0) is 41.5 Å². The number of hydrazine groups is 1. The molecule has 0 saturated carbocycles. The van der Waals surface area contributed by atoms with Gasteiger partial charge in [-0.15, -0.1) is 0 Å². The molecular formula is C23H23N3O5S. The van der Waals surface area contributed by atoms with Gasteiger partial charge in [0.25, 0.3) is 11.8 Å². The molecule has 3 aromatic carbocycles. The molecule has 3 aromatic rings. The quantitative estimate of drug-likeness (QED) is 0.453. The van der Waals surface area contributed by atoms with E-state index in [1.165, 1.54) is 24.3 Å². The maximum atomic E-state index is 12.6. The molecule has 8 nitrogen and oxygen atoms in total. The highest BCUT2D eigenvalue weighted by Gasteiger charge is 2.16. The number of methoxy groups -OCH3 is 1. The molecule has 0 heterocycles. The fourth-order valence-corrected chi connectivity index (χ4v) is 3.90. The van der Waals surface area contributed by atoms with Crippen LogP contribution in [0.4, 0.5) is 0 Å². The Bertz CT molecular complexity index is 1180. The van der Waals surface area contributed by atoms with Gasteiger partial charge in [-0.2, -0.15) is 0 Å². The second-order valence-electron chi connectivity index (χ2n) is 6.88. The van der Waals surface area contributed by atoms with Crippen molar-refractivity contribution in [1.29, 1.82) is 0 Å². The summed E-state index contributed by atoms with van der Waals surface area (Å²) in [6.45, 7) is 0.552. The van der Waals surface area contributed by atoms with Crippen LogP contribution in [0.1, 0.15) is 31.8 Å². The van der Waals surface area contributed by atoms with E-state index in [0.29, 0.717) is 12.2 Å². The van der Waals surface area contributed by atoms with E-state index in [4.69, 9.17) is 4.74 Å². The minimum atomic E-state index is -3.83. The highest BCUT2D eigenvalue weighted by atomic mass is 32.2. The molecule has 3 N–H and O–H groups in total. The Morgan fingerprint density at radius 3 is 2.09 bits per heavy atom. The van der Waals surface area contributed by atoms with Gasteiger partial charge in [0.2, 0.25) is 10.0 Å². The van der Waals surface area contributed by atoms with E-state index in [0.717, 1.165) is 11.1 Å². The van der Waals surface area contributed by atoms with Crippen LogP contribution in [0.25, 0.3) is 0 Å². The third-order valence-corrected chi connectivity index (χ3v) is 5.93. The Balaban J connectivity index is 1.61. The molecule has 0 unspecified atom stereocenters. The third-order valence-electron chi connectivity index (χ3n) is 4.53. The Hall–Kier alpha value is -3.53. The van der Waals surface area contributed by atoms with E-state index in [1.54, 1.807) is 43.5 Å². The van der Waals surface area contributed by atoms with Crippen LogP contribution in [0, 0.1) is 0 Å². The molecule has 0 spiro atoms. The highest BCUT2D eigenvalue weighted by Crippen LogP contribution is 2.12. The topological polar surface area (TPSA) is 114 Å². The number of hydrogen-bond donors (Lipinski definition) is 3. The van der Waals surface area contributed by atoms with Gasteiger partial charge >= 0.3 is 0 Å². The third kappa shape index (κ3) is 6.24. The number of benzene rings is 3. The molecular weight excluding hydrogens is 430 g/mol. The Morgan fingerprint density at radius 2 is 1.44 bits per heavy atom. The molecule has 0 bridgehead atoms. The second-order valence-corrected chi connectivity index (χ2v) is 8.64. The van der Waals surface area contributed by atoms with Crippen molar-refractivity contribution in [2.24, 2.45) is 0 Å². The van der Waals surface area contributed by atoms with Crippen molar-refractivity contribution < 1.29 is 22.7 Å². The van der Waals surface area contributed by atoms with Gasteiger partial charge in [-0.3, -0.25) is 20.4 Å². The van der Waals surface area contributed by atoms with Crippen LogP contribution < -0.4 is 15.6 Å². The summed E-state index contributed by atoms with van der Waals surface area (Å²) in [6.07, 6.45) is 0. The van der Waals surface area contributed by atoms with Crippen molar-refractivity contribution in [2.45, 2.75) is 18.0 Å². The largest absolute Gasteiger partial charge is 0.380 e. The van der Waals surface area contributed by atoms with Crippen molar-refractivity contribution >= 4 is 21.8 Å². The number of amides is 2. The van der Waals surface area contributed by atoms with Gasteiger partial charge in [-0.25, -0.2) is 13.1 Å². The molecule has 166 valence electrons. The van der Waals surface area contributed by atoms with Crippen molar-refractivity contribution in [3.63, 3.8) is 0 Å². The number of carbonyl (C=O) groups excluding carboxylic acids is 2. The molecule has 0 fully saturated rings. The van der Waals surface area contributed by atoms with Gasteiger partial charge in [0, 0.05) is 24.8 Å². The number of carbonyl (C=O) groups is 2. The first-order valence-corrected chi connectivity index (χ1v) is 11.2. The molecule has 2 amide bonds. The van der Waals surface area contributed by atoms with E-state index in [-0.39, 0.29) is 17.0 Å². The number of ether oxygens (including phenoxy) is 1. The molecule has 0 aliphatic carbocycles. The number of rotatable bonds is 8. The SMILES string of the molecule is COCc1ccc(C(=O)NNC(=O)c2cccc(S(=O)(=O)NCc3ccccc3)c2)cc1. The Morgan fingerprint density at radius 1 is 0.781 bits per heavy atom. The predicted molar refractivity (Wildman–Crippen MR) is 119 cm³/mol. The minimum absolute atomic E-state index is 0.0545. The average Bonchev–Trinajstić information content (AvgIpc) is 2.82. The summed E-state index contributed by atoms with van der Waals surface area (Å²) in [5.41, 5.74) is 6.77. The summed E-state index contributed by atoms with van der Waals surface area (Å²) < 4.78 is 32.7. The lowest BCUT2D eigenvalue weighted by Crippen LogP contribution is -2.41.